The summed E-state index contributed by atoms with van der Waals surface area (Å²) in [4.78, 5) is 10.7. The lowest BCUT2D eigenvalue weighted by molar-refractivity contribution is 0.0690. The largest absolute Gasteiger partial charge is 0.490 e. The summed E-state index contributed by atoms with van der Waals surface area (Å²) in [6, 6.07) is 7.33. The van der Waals surface area contributed by atoms with Crippen LogP contribution in [0.1, 0.15) is 24.2 Å². The van der Waals surface area contributed by atoms with E-state index >= 15 is 0 Å². The Morgan fingerprint density at radius 3 is 2.85 bits per heavy atom. The Hall–Kier alpha value is -1.51. The van der Waals surface area contributed by atoms with Crippen LogP contribution in [-0.2, 0) is 0 Å². The average Bonchev–Trinajstić information content (AvgIpc) is 2.03. The molecule has 0 aliphatic heterocycles. The predicted molar refractivity (Wildman–Crippen MR) is 48.0 cm³/mol. The van der Waals surface area contributed by atoms with E-state index in [0.29, 0.717) is 5.75 Å². The molecule has 0 amide bonds. The Morgan fingerprint density at radius 2 is 2.31 bits per heavy atom. The SMILES string of the molecule is CC(C)Oc1cc[c]cc1C(=O)O. The number of carboxylic acid groups (broad SMARTS) is 1. The number of carboxylic acids is 1. The van der Waals surface area contributed by atoms with E-state index in [9.17, 15) is 4.79 Å². The molecule has 69 valence electrons. The first-order valence-corrected chi connectivity index (χ1v) is 4.01. The number of hydrogen-bond acceptors (Lipinski definition) is 2. The quantitative estimate of drug-likeness (QED) is 0.771. The highest BCUT2D eigenvalue weighted by Crippen LogP contribution is 2.18. The zero-order valence-electron chi connectivity index (χ0n) is 7.57. The van der Waals surface area contributed by atoms with Crippen LogP contribution < -0.4 is 4.74 Å². The first kappa shape index (κ1) is 9.58. The van der Waals surface area contributed by atoms with Crippen molar-refractivity contribution in [3.8, 4) is 5.75 Å². The third-order valence-corrected chi connectivity index (χ3v) is 1.42. The monoisotopic (exact) mass is 179 g/mol. The lowest BCUT2D eigenvalue weighted by atomic mass is 10.2. The van der Waals surface area contributed by atoms with Gasteiger partial charge in [0.15, 0.2) is 0 Å². The van der Waals surface area contributed by atoms with Crippen molar-refractivity contribution in [3.05, 3.63) is 29.8 Å². The zero-order chi connectivity index (χ0) is 9.84. The summed E-state index contributed by atoms with van der Waals surface area (Å²) in [6.07, 6.45) is -0.0273. The van der Waals surface area contributed by atoms with E-state index in [1.54, 1.807) is 12.1 Å². The van der Waals surface area contributed by atoms with E-state index in [1.807, 2.05) is 13.8 Å². The van der Waals surface area contributed by atoms with Gasteiger partial charge >= 0.3 is 5.97 Å². The molecule has 0 spiro atoms. The standard InChI is InChI=1S/C10H11O3/c1-7(2)13-9-6-4-3-5-8(9)10(11)12/h4-7H,1-2H3,(H,11,12). The number of benzene rings is 1. The Bertz CT molecular complexity index is 305. The molecular formula is C10H11O3. The molecule has 0 heterocycles. The molecule has 13 heavy (non-hydrogen) atoms. The number of aromatic carboxylic acids is 1. The maximum Gasteiger partial charge on any atom is 0.339 e. The zero-order valence-corrected chi connectivity index (χ0v) is 7.57. The molecule has 0 atom stereocenters. The van der Waals surface area contributed by atoms with Gasteiger partial charge in [-0.05, 0) is 32.0 Å². The summed E-state index contributed by atoms with van der Waals surface area (Å²) in [6.45, 7) is 3.70. The van der Waals surface area contributed by atoms with Crippen LogP contribution >= 0.6 is 0 Å². The fraction of sp³-hybridized carbons (Fsp3) is 0.300. The molecule has 0 fully saturated rings. The summed E-state index contributed by atoms with van der Waals surface area (Å²) in [5, 5.41) is 8.78. The van der Waals surface area contributed by atoms with Crippen molar-refractivity contribution in [1.29, 1.82) is 0 Å². The molecule has 0 aliphatic carbocycles. The van der Waals surface area contributed by atoms with E-state index in [0.717, 1.165) is 0 Å². The van der Waals surface area contributed by atoms with Gasteiger partial charge in [-0.15, -0.1) is 0 Å². The second kappa shape index (κ2) is 3.94. The number of carbonyl (C=O) groups is 1. The highest BCUT2D eigenvalue weighted by Gasteiger charge is 2.10. The van der Waals surface area contributed by atoms with Crippen LogP contribution in [0.15, 0.2) is 18.2 Å². The number of rotatable bonds is 3. The van der Waals surface area contributed by atoms with E-state index < -0.39 is 5.97 Å². The molecule has 0 saturated heterocycles. The van der Waals surface area contributed by atoms with Gasteiger partial charge in [0.25, 0.3) is 0 Å². The third kappa shape index (κ3) is 2.47. The van der Waals surface area contributed by atoms with Crippen LogP contribution in [-0.4, -0.2) is 17.2 Å². The van der Waals surface area contributed by atoms with E-state index in [1.165, 1.54) is 6.07 Å². The van der Waals surface area contributed by atoms with Gasteiger partial charge in [-0.3, -0.25) is 0 Å². The normalized spacial score (nSPS) is 10.1. The van der Waals surface area contributed by atoms with Gasteiger partial charge in [0.2, 0.25) is 0 Å². The van der Waals surface area contributed by atoms with Crippen molar-refractivity contribution < 1.29 is 14.6 Å². The van der Waals surface area contributed by atoms with Crippen LogP contribution in [0.5, 0.6) is 5.75 Å². The van der Waals surface area contributed by atoms with Gasteiger partial charge < -0.3 is 9.84 Å². The molecule has 1 rings (SSSR count). The van der Waals surface area contributed by atoms with Crippen molar-refractivity contribution in [2.75, 3.05) is 0 Å². The third-order valence-electron chi connectivity index (χ3n) is 1.42. The molecule has 0 bridgehead atoms. The first-order valence-electron chi connectivity index (χ1n) is 4.01. The van der Waals surface area contributed by atoms with Crippen molar-refractivity contribution in [2.24, 2.45) is 0 Å². The maximum atomic E-state index is 10.7. The van der Waals surface area contributed by atoms with Gasteiger partial charge in [-0.25, -0.2) is 4.79 Å². The van der Waals surface area contributed by atoms with Crippen LogP contribution in [0.25, 0.3) is 0 Å². The topological polar surface area (TPSA) is 46.5 Å². The molecule has 0 aliphatic rings. The van der Waals surface area contributed by atoms with Crippen molar-refractivity contribution in [3.63, 3.8) is 0 Å². The van der Waals surface area contributed by atoms with Crippen molar-refractivity contribution in [2.45, 2.75) is 20.0 Å². The molecule has 3 heteroatoms. The van der Waals surface area contributed by atoms with Crippen LogP contribution in [0, 0.1) is 6.07 Å². The Morgan fingerprint density at radius 1 is 1.62 bits per heavy atom. The molecule has 1 aromatic carbocycles. The van der Waals surface area contributed by atoms with E-state index in [2.05, 4.69) is 6.07 Å². The Labute approximate surface area is 77.0 Å². The summed E-state index contributed by atoms with van der Waals surface area (Å²) >= 11 is 0. The minimum Gasteiger partial charge on any atom is -0.490 e. The molecule has 0 unspecified atom stereocenters. The molecule has 0 saturated carbocycles. The maximum absolute atomic E-state index is 10.7. The van der Waals surface area contributed by atoms with E-state index in [-0.39, 0.29) is 11.7 Å². The Balaban J connectivity index is 2.98. The minimum atomic E-state index is -0.993. The van der Waals surface area contributed by atoms with Gasteiger partial charge in [0.1, 0.15) is 11.3 Å². The minimum absolute atomic E-state index is 0.0273. The molecule has 0 aromatic heterocycles. The highest BCUT2D eigenvalue weighted by molar-refractivity contribution is 5.90. The molecular weight excluding hydrogens is 168 g/mol. The fourth-order valence-corrected chi connectivity index (χ4v) is 0.940. The number of hydrogen-bond donors (Lipinski definition) is 1. The predicted octanol–water partition coefficient (Wildman–Crippen LogP) is 1.97. The molecule has 3 nitrogen and oxygen atoms in total. The molecule has 1 radical (unpaired) electrons. The van der Waals surface area contributed by atoms with Gasteiger partial charge in [-0.2, -0.15) is 0 Å². The average molecular weight is 179 g/mol. The van der Waals surface area contributed by atoms with Gasteiger partial charge in [-0.1, -0.05) is 6.07 Å². The van der Waals surface area contributed by atoms with E-state index in [4.69, 9.17) is 9.84 Å². The van der Waals surface area contributed by atoms with Crippen LogP contribution in [0.4, 0.5) is 0 Å². The fourth-order valence-electron chi connectivity index (χ4n) is 0.940. The Kier molecular flexibility index (Phi) is 2.90. The second-order valence-corrected chi connectivity index (χ2v) is 2.89. The van der Waals surface area contributed by atoms with Gasteiger partial charge in [0, 0.05) is 0 Å². The van der Waals surface area contributed by atoms with Crippen molar-refractivity contribution >= 4 is 5.97 Å². The number of ether oxygens (including phenoxy) is 1. The lowest BCUT2D eigenvalue weighted by Gasteiger charge is -2.11. The summed E-state index contributed by atoms with van der Waals surface area (Å²) in [7, 11) is 0. The van der Waals surface area contributed by atoms with Crippen LogP contribution in [0.3, 0.4) is 0 Å². The smallest absolute Gasteiger partial charge is 0.339 e. The molecule has 1 N–H and O–H groups in total. The lowest BCUT2D eigenvalue weighted by Crippen LogP contribution is -2.09. The second-order valence-electron chi connectivity index (χ2n) is 2.89. The van der Waals surface area contributed by atoms with Crippen LogP contribution in [0.2, 0.25) is 0 Å². The van der Waals surface area contributed by atoms with Crippen molar-refractivity contribution in [1.82, 2.24) is 0 Å². The van der Waals surface area contributed by atoms with Gasteiger partial charge in [0.05, 0.1) is 6.10 Å². The molecule has 1 aromatic rings. The highest BCUT2D eigenvalue weighted by atomic mass is 16.5. The summed E-state index contributed by atoms with van der Waals surface area (Å²) < 4.78 is 5.31. The summed E-state index contributed by atoms with van der Waals surface area (Å²) in [5.74, 6) is -0.603. The summed E-state index contributed by atoms with van der Waals surface area (Å²) in [5.41, 5.74) is 0.149. The first-order chi connectivity index (χ1) is 6.11.